The third-order valence-electron chi connectivity index (χ3n) is 3.46. The summed E-state index contributed by atoms with van der Waals surface area (Å²) in [5.74, 6) is 0. The topological polar surface area (TPSA) is 38.5 Å². The first-order valence-corrected chi connectivity index (χ1v) is 7.38. The van der Waals surface area contributed by atoms with Crippen molar-refractivity contribution in [2.24, 2.45) is 5.73 Å². The van der Waals surface area contributed by atoms with Crippen molar-refractivity contribution in [2.75, 3.05) is 31.7 Å². The summed E-state index contributed by atoms with van der Waals surface area (Å²) in [6.07, 6.45) is 3.32. The quantitative estimate of drug-likeness (QED) is 0.864. The third kappa shape index (κ3) is 3.59. The number of nitrogens with two attached hydrogens (primary N) is 1. The molecule has 0 fully saturated rings. The Morgan fingerprint density at radius 1 is 1.47 bits per heavy atom. The van der Waals surface area contributed by atoms with E-state index in [-0.39, 0.29) is 6.04 Å². The first kappa shape index (κ1) is 14.6. The van der Waals surface area contributed by atoms with Gasteiger partial charge in [-0.25, -0.2) is 0 Å². The number of anilines is 1. The molecule has 1 aromatic carbocycles. The van der Waals surface area contributed by atoms with Crippen LogP contribution in [0.1, 0.15) is 24.9 Å². The molecule has 2 rings (SSSR count). The number of methoxy groups -OCH3 is 1. The van der Waals surface area contributed by atoms with E-state index in [9.17, 15) is 0 Å². The molecule has 19 heavy (non-hydrogen) atoms. The summed E-state index contributed by atoms with van der Waals surface area (Å²) in [7, 11) is 1.75. The second kappa shape index (κ2) is 6.55. The zero-order valence-corrected chi connectivity index (χ0v) is 13.1. The lowest BCUT2D eigenvalue weighted by Gasteiger charge is -2.31. The van der Waals surface area contributed by atoms with E-state index in [1.54, 1.807) is 7.11 Å². The Morgan fingerprint density at radius 2 is 2.26 bits per heavy atom. The first-order valence-electron chi connectivity index (χ1n) is 6.58. The molecule has 0 aromatic heterocycles. The average molecular weight is 325 g/mol. The van der Waals surface area contributed by atoms with Crippen LogP contribution in [0.25, 0.3) is 0 Å². The number of nitrogens with zero attached hydrogens (tertiary/aromatic N) is 1. The lowest BCUT2D eigenvalue weighted by Crippen LogP contribution is -2.30. The fraction of sp³-hybridized carbons (Fsp3) is 0.467. The molecule has 0 spiro atoms. The van der Waals surface area contributed by atoms with Crippen LogP contribution in [0.4, 0.5) is 5.69 Å². The monoisotopic (exact) mass is 324 g/mol. The van der Waals surface area contributed by atoms with Gasteiger partial charge in [-0.05, 0) is 36.6 Å². The minimum atomic E-state index is 0.0486. The molecule has 4 heteroatoms. The fourth-order valence-electron chi connectivity index (χ4n) is 2.42. The molecule has 1 atom stereocenters. The van der Waals surface area contributed by atoms with Gasteiger partial charge in [0.25, 0.3) is 0 Å². The molecule has 1 unspecified atom stereocenters. The molecule has 0 amide bonds. The van der Waals surface area contributed by atoms with Gasteiger partial charge >= 0.3 is 0 Å². The minimum Gasteiger partial charge on any atom is -0.380 e. The predicted molar refractivity (Wildman–Crippen MR) is 83.5 cm³/mol. The zero-order valence-electron chi connectivity index (χ0n) is 11.5. The van der Waals surface area contributed by atoms with Crippen LogP contribution < -0.4 is 10.6 Å². The van der Waals surface area contributed by atoms with E-state index < -0.39 is 0 Å². The summed E-state index contributed by atoms with van der Waals surface area (Å²) in [5.41, 5.74) is 9.89. The van der Waals surface area contributed by atoms with Crippen LogP contribution in [0, 0.1) is 0 Å². The van der Waals surface area contributed by atoms with E-state index in [0.717, 1.165) is 30.6 Å². The molecule has 3 nitrogen and oxygen atoms in total. The van der Waals surface area contributed by atoms with Gasteiger partial charge in [0.1, 0.15) is 0 Å². The van der Waals surface area contributed by atoms with Gasteiger partial charge in [-0.15, -0.1) is 0 Å². The van der Waals surface area contributed by atoms with E-state index in [4.69, 9.17) is 10.5 Å². The maximum Gasteiger partial charge on any atom is 0.0674 e. The number of benzene rings is 1. The van der Waals surface area contributed by atoms with Crippen LogP contribution in [0.3, 0.4) is 0 Å². The Kier molecular flexibility index (Phi) is 5.02. The Labute approximate surface area is 123 Å². The van der Waals surface area contributed by atoms with Crippen molar-refractivity contribution in [1.82, 2.24) is 0 Å². The van der Waals surface area contributed by atoms with Crippen molar-refractivity contribution < 1.29 is 4.74 Å². The normalized spacial score (nSPS) is 17.3. The fourth-order valence-corrected chi connectivity index (χ4v) is 2.77. The summed E-state index contributed by atoms with van der Waals surface area (Å²) in [4.78, 5) is 2.38. The molecule has 2 N–H and O–H groups in total. The minimum absolute atomic E-state index is 0.0486. The van der Waals surface area contributed by atoms with Crippen LogP contribution in [0.2, 0.25) is 0 Å². The number of ether oxygens (including phenoxy) is 1. The lowest BCUT2D eigenvalue weighted by atomic mass is 10.0. The van der Waals surface area contributed by atoms with Gasteiger partial charge in [-0.2, -0.15) is 0 Å². The molecular weight excluding hydrogens is 304 g/mol. The van der Waals surface area contributed by atoms with Gasteiger partial charge in [-0.1, -0.05) is 28.1 Å². The van der Waals surface area contributed by atoms with Crippen molar-refractivity contribution in [3.05, 3.63) is 39.9 Å². The molecule has 0 saturated carbocycles. The van der Waals surface area contributed by atoms with Crippen LogP contribution in [0.5, 0.6) is 0 Å². The summed E-state index contributed by atoms with van der Waals surface area (Å²) >= 11 is 3.55. The Morgan fingerprint density at radius 3 is 2.84 bits per heavy atom. The van der Waals surface area contributed by atoms with E-state index in [0.29, 0.717) is 0 Å². The van der Waals surface area contributed by atoms with Gasteiger partial charge in [0.05, 0.1) is 6.61 Å². The Hall–Kier alpha value is -0.840. The lowest BCUT2D eigenvalue weighted by molar-refractivity contribution is 0.222. The smallest absolute Gasteiger partial charge is 0.0674 e. The third-order valence-corrected chi connectivity index (χ3v) is 3.95. The highest BCUT2D eigenvalue weighted by atomic mass is 79.9. The summed E-state index contributed by atoms with van der Waals surface area (Å²) in [6, 6.07) is 6.37. The van der Waals surface area contributed by atoms with E-state index >= 15 is 0 Å². The molecule has 0 radical (unpaired) electrons. The van der Waals surface area contributed by atoms with Crippen molar-refractivity contribution >= 4 is 21.6 Å². The number of hydrogen-bond donors (Lipinski definition) is 1. The molecule has 0 bridgehead atoms. The highest BCUT2D eigenvalue weighted by Gasteiger charge is 2.17. The number of halogens is 1. The van der Waals surface area contributed by atoms with E-state index in [2.05, 4.69) is 45.1 Å². The predicted octanol–water partition coefficient (Wildman–Crippen LogP) is 3.25. The Bertz CT molecular complexity index is 471. The van der Waals surface area contributed by atoms with Gasteiger partial charge in [0, 0.05) is 36.4 Å². The molecular formula is C15H21BrN2O. The summed E-state index contributed by atoms with van der Waals surface area (Å²) in [5, 5.41) is 0. The van der Waals surface area contributed by atoms with Crippen molar-refractivity contribution in [3.8, 4) is 0 Å². The molecule has 104 valence electrons. The molecule has 0 saturated heterocycles. The number of hydrogen-bond acceptors (Lipinski definition) is 3. The largest absolute Gasteiger partial charge is 0.380 e. The highest BCUT2D eigenvalue weighted by Crippen LogP contribution is 2.30. The van der Waals surface area contributed by atoms with E-state index in [1.165, 1.54) is 16.8 Å². The maximum atomic E-state index is 6.07. The van der Waals surface area contributed by atoms with Crippen LogP contribution >= 0.6 is 15.9 Å². The van der Waals surface area contributed by atoms with Crippen LogP contribution in [-0.4, -0.2) is 26.8 Å². The highest BCUT2D eigenvalue weighted by molar-refractivity contribution is 9.10. The SMILES string of the molecule is COCC1=CCN(c2cc(Br)ccc2C(C)N)CC1. The average Bonchev–Trinajstić information content (AvgIpc) is 2.39. The standard InChI is InChI=1S/C15H21BrN2O/c1-11(17)14-4-3-13(16)9-15(14)18-7-5-12(6-8-18)10-19-2/h3-5,9,11H,6-8,10,17H2,1-2H3. The molecule has 1 aliphatic heterocycles. The van der Waals surface area contributed by atoms with Crippen molar-refractivity contribution in [3.63, 3.8) is 0 Å². The first-order chi connectivity index (χ1) is 9.11. The molecule has 1 aliphatic rings. The van der Waals surface area contributed by atoms with E-state index in [1.807, 2.05) is 6.92 Å². The molecule has 0 aliphatic carbocycles. The molecule has 1 heterocycles. The van der Waals surface area contributed by atoms with Crippen molar-refractivity contribution in [1.29, 1.82) is 0 Å². The second-order valence-corrected chi connectivity index (χ2v) is 5.90. The van der Waals surface area contributed by atoms with Gasteiger partial charge in [-0.3, -0.25) is 0 Å². The van der Waals surface area contributed by atoms with Crippen LogP contribution in [-0.2, 0) is 4.74 Å². The maximum absolute atomic E-state index is 6.07. The van der Waals surface area contributed by atoms with Gasteiger partial charge in [0.2, 0.25) is 0 Å². The summed E-state index contributed by atoms with van der Waals surface area (Å²) < 4.78 is 6.28. The zero-order chi connectivity index (χ0) is 13.8. The van der Waals surface area contributed by atoms with Gasteiger partial charge in [0.15, 0.2) is 0 Å². The van der Waals surface area contributed by atoms with Gasteiger partial charge < -0.3 is 15.4 Å². The Balaban J connectivity index is 2.21. The summed E-state index contributed by atoms with van der Waals surface area (Å²) in [6.45, 7) is 4.72. The van der Waals surface area contributed by atoms with Crippen molar-refractivity contribution in [2.45, 2.75) is 19.4 Å². The number of rotatable bonds is 4. The molecule has 1 aromatic rings. The van der Waals surface area contributed by atoms with Crippen LogP contribution in [0.15, 0.2) is 34.3 Å². The second-order valence-electron chi connectivity index (χ2n) is 4.98.